The maximum absolute atomic E-state index is 12.8. The highest BCUT2D eigenvalue weighted by Gasteiger charge is 2.18. The van der Waals surface area contributed by atoms with Gasteiger partial charge in [-0.15, -0.1) is 0 Å². The fourth-order valence-electron chi connectivity index (χ4n) is 13.2. The predicted molar refractivity (Wildman–Crippen MR) is 495 cm³/mol. The van der Waals surface area contributed by atoms with E-state index in [2.05, 4.69) is 90.2 Å². The van der Waals surface area contributed by atoms with Gasteiger partial charge in [0.2, 0.25) is 0 Å². The number of anilines is 10. The summed E-state index contributed by atoms with van der Waals surface area (Å²) in [5.41, 5.74) is 22.0. The van der Waals surface area contributed by atoms with Gasteiger partial charge >= 0.3 is 5.97 Å². The molecule has 16 aromatic rings. The van der Waals surface area contributed by atoms with E-state index in [1.165, 1.54) is 41.1 Å². The lowest BCUT2D eigenvalue weighted by Crippen LogP contribution is -2.25. The summed E-state index contributed by atoms with van der Waals surface area (Å²) in [7, 11) is 0. The van der Waals surface area contributed by atoms with E-state index in [4.69, 9.17) is 5.11 Å². The molecule has 0 atom stereocenters. The van der Waals surface area contributed by atoms with Crippen LogP contribution in [-0.2, 0) is 32.7 Å². The lowest BCUT2D eigenvalue weighted by Gasteiger charge is -2.13. The van der Waals surface area contributed by atoms with Gasteiger partial charge in [0.1, 0.15) is 28.4 Å². The zero-order chi connectivity index (χ0) is 87.9. The van der Waals surface area contributed by atoms with Crippen LogP contribution in [0.15, 0.2) is 298 Å². The van der Waals surface area contributed by atoms with Crippen LogP contribution in [-0.4, -0.2) is 79.9 Å². The summed E-state index contributed by atoms with van der Waals surface area (Å²) in [6, 6.07) is 70.9. The number of aryl methyl sites for hydroxylation is 12. The Labute approximate surface area is 717 Å². The number of carboxylic acids is 1. The number of benzene rings is 7. The molecule has 26 nitrogen and oxygen atoms in total. The van der Waals surface area contributed by atoms with Crippen LogP contribution < -0.4 is 54.4 Å². The highest BCUT2D eigenvalue weighted by molar-refractivity contribution is 5.94. The highest BCUT2D eigenvalue weighted by Crippen LogP contribution is 2.30. The first-order valence-electron chi connectivity index (χ1n) is 40.7. The van der Waals surface area contributed by atoms with E-state index >= 15 is 0 Å². The zero-order valence-electron chi connectivity index (χ0n) is 71.2. The molecule has 0 unspecified atom stereocenters. The molecule has 0 aliphatic rings. The zero-order valence-corrected chi connectivity index (χ0v) is 71.2. The molecule has 0 saturated heterocycles. The SMILES string of the molecule is CCn1nc(-c2ccc(C)cc2)cc(Nc2cnccc2C)c1=O.CCn1nc(-c2cccc(C)c2)cc(Nc2ccc(C(=O)O)cc2)c1=O.CCn1nc(-c2cccc(C)c2)cc(Nc2cccnc2)c1=O.CCn1nc(-c2cccc(C)c2)cc(Nc2cncc3ccccc23)c1=O.CCn1nc(-c2cccc(C)c2)cc(Nc2cnccc2C)c1=O. The minimum atomic E-state index is -0.990. The number of carboxylic acid groups (broad SMARTS) is 1. The molecule has 7 aromatic carbocycles. The average molecular weight is 1650 g/mol. The van der Waals surface area contributed by atoms with Crippen LogP contribution in [0.25, 0.3) is 67.1 Å². The molecular weight excluding hydrogens is 1560 g/mol. The van der Waals surface area contributed by atoms with E-state index in [0.717, 1.165) is 117 Å². The number of fused-ring (bicyclic) bond motifs is 1. The van der Waals surface area contributed by atoms with Crippen molar-refractivity contribution in [3.8, 4) is 56.3 Å². The summed E-state index contributed by atoms with van der Waals surface area (Å²) < 4.78 is 7.31. The molecule has 9 heterocycles. The number of aromatic carboxylic acids is 1. The van der Waals surface area contributed by atoms with E-state index < -0.39 is 5.97 Å². The lowest BCUT2D eigenvalue weighted by atomic mass is 10.1. The van der Waals surface area contributed by atoms with Crippen LogP contribution in [0.5, 0.6) is 0 Å². The molecule has 0 saturated carbocycles. The first kappa shape index (κ1) is 87.6. The summed E-state index contributed by atoms with van der Waals surface area (Å²) in [6.45, 7) is 26.1. The molecule has 0 aliphatic carbocycles. The second-order valence-electron chi connectivity index (χ2n) is 29.2. The van der Waals surface area contributed by atoms with Gasteiger partial charge in [0.05, 0.1) is 81.6 Å². The van der Waals surface area contributed by atoms with Gasteiger partial charge in [-0.05, 0) is 197 Å². The number of hydrogen-bond donors (Lipinski definition) is 6. The summed E-state index contributed by atoms with van der Waals surface area (Å²) in [5, 5.41) is 49.2. The van der Waals surface area contributed by atoms with Crippen LogP contribution in [0.3, 0.4) is 0 Å². The normalized spacial score (nSPS) is 10.6. The molecule has 0 radical (unpaired) electrons. The van der Waals surface area contributed by atoms with Crippen molar-refractivity contribution in [1.29, 1.82) is 0 Å². The van der Waals surface area contributed by atoms with Gasteiger partial charge in [-0.3, -0.25) is 43.9 Å². The van der Waals surface area contributed by atoms with Crippen molar-refractivity contribution in [2.45, 2.75) is 116 Å². The first-order chi connectivity index (χ1) is 60.0. The third kappa shape index (κ3) is 22.4. The Bertz CT molecular complexity index is 6780. The van der Waals surface area contributed by atoms with E-state index in [0.29, 0.717) is 72.5 Å². The molecule has 9 aromatic heterocycles. The molecule has 0 amide bonds. The Kier molecular flexibility index (Phi) is 29.2. The lowest BCUT2D eigenvalue weighted by molar-refractivity contribution is 0.0696. The van der Waals surface area contributed by atoms with Gasteiger partial charge in [0.25, 0.3) is 27.8 Å². The molecule has 0 aliphatic heterocycles. The van der Waals surface area contributed by atoms with Crippen molar-refractivity contribution in [2.75, 3.05) is 26.6 Å². The highest BCUT2D eigenvalue weighted by atomic mass is 16.4. The van der Waals surface area contributed by atoms with Gasteiger partial charge in [-0.2, -0.15) is 25.5 Å². The molecule has 16 rings (SSSR count). The Balaban J connectivity index is 0.000000141. The Hall–Kier alpha value is -15.7. The van der Waals surface area contributed by atoms with E-state index in [-0.39, 0.29) is 33.4 Å². The van der Waals surface area contributed by atoms with Crippen molar-refractivity contribution in [3.63, 3.8) is 0 Å². The van der Waals surface area contributed by atoms with Crippen molar-refractivity contribution in [3.05, 3.63) is 370 Å². The average Bonchev–Trinajstić information content (AvgIpc) is 0.805. The summed E-state index contributed by atoms with van der Waals surface area (Å²) in [6.07, 6.45) is 13.8. The van der Waals surface area contributed by atoms with Gasteiger partial charge in [0, 0.05) is 102 Å². The third-order valence-corrected chi connectivity index (χ3v) is 19.9. The van der Waals surface area contributed by atoms with Crippen LogP contribution in [0.4, 0.5) is 56.9 Å². The predicted octanol–water partition coefficient (Wildman–Crippen LogP) is 19.0. The molecule has 0 spiro atoms. The number of hydrogen-bond acceptors (Lipinski definition) is 20. The number of rotatable bonds is 21. The second-order valence-corrected chi connectivity index (χ2v) is 29.2. The van der Waals surface area contributed by atoms with Crippen molar-refractivity contribution < 1.29 is 9.90 Å². The molecule has 0 fully saturated rings. The Morgan fingerprint density at radius 2 is 0.637 bits per heavy atom. The maximum atomic E-state index is 12.8. The minimum absolute atomic E-state index is 0.142. The minimum Gasteiger partial charge on any atom is -0.478 e. The molecule has 26 heteroatoms. The van der Waals surface area contributed by atoms with E-state index in [9.17, 15) is 28.8 Å². The largest absolute Gasteiger partial charge is 0.478 e. The van der Waals surface area contributed by atoms with Crippen LogP contribution >= 0.6 is 0 Å². The van der Waals surface area contributed by atoms with Crippen LogP contribution in [0, 0.1) is 48.5 Å². The molecule has 0 bridgehead atoms. The summed E-state index contributed by atoms with van der Waals surface area (Å²) >= 11 is 0. The number of aromatic nitrogens is 14. The quantitative estimate of drug-likeness (QED) is 0.0389. The Morgan fingerprint density at radius 3 is 0.992 bits per heavy atom. The van der Waals surface area contributed by atoms with Crippen molar-refractivity contribution >= 4 is 73.6 Å². The van der Waals surface area contributed by atoms with Gasteiger partial charge in [-0.25, -0.2) is 28.2 Å². The van der Waals surface area contributed by atoms with Crippen molar-refractivity contribution in [2.24, 2.45) is 0 Å². The number of pyridine rings is 4. The molecule has 124 heavy (non-hydrogen) atoms. The summed E-state index contributed by atoms with van der Waals surface area (Å²) in [5.74, 6) is -0.990. The monoisotopic (exact) mass is 1650 g/mol. The van der Waals surface area contributed by atoms with Gasteiger partial charge < -0.3 is 31.7 Å². The number of nitrogens with one attached hydrogen (secondary N) is 5. The maximum Gasteiger partial charge on any atom is 0.335 e. The number of carbonyl (C=O) groups is 1. The van der Waals surface area contributed by atoms with E-state index in [1.807, 2.05) is 247 Å². The molecule has 626 valence electrons. The topological polar surface area (TPSA) is 323 Å². The van der Waals surface area contributed by atoms with Gasteiger partial charge in [0.15, 0.2) is 0 Å². The summed E-state index contributed by atoms with van der Waals surface area (Å²) in [4.78, 5) is 90.5. The first-order valence-corrected chi connectivity index (χ1v) is 40.7. The molecular formula is C98H97N19O7. The fraction of sp³-hybridized carbons (Fsp3) is 0.173. The van der Waals surface area contributed by atoms with Gasteiger partial charge in [-0.1, -0.05) is 149 Å². The molecule has 6 N–H and O–H groups in total. The fourth-order valence-corrected chi connectivity index (χ4v) is 13.2. The standard InChI is InChI=1S/C22H20N4O.C20H19N3O3.2C19H20N4O.C18H18N4O/c1-3-26-22(27)20(12-19(25-26)16-9-6-7-15(2)11-16)24-21-14-23-13-17-8-4-5-10-18(17)21;1-3-23-19(24)18(21-16-9-7-14(8-10-16)20(25)26)12-17(22-23)15-6-4-5-13(2)11-15;1-4-23-19(24)17(21-18-12-20-10-9-14(18)3)11-16(22-23)15-7-5-13(2)6-8-15;1-4-23-19(24)17(21-18-12-20-9-8-14(18)3)11-16(22-23)15-7-5-6-13(2)10-15;1-3-22-18(23)17(20-15-8-5-9-19-12-15)11-16(21-22)14-7-4-6-13(2)10-14/h4-14,24H,3H2,1-2H3;4-12,21H,3H2,1-2H3,(H,25,26);2*5-12,21H,4H2,1-3H3;4-12,20H,3H2,1-2H3. The van der Waals surface area contributed by atoms with Crippen molar-refractivity contribution in [1.82, 2.24) is 68.8 Å². The smallest absolute Gasteiger partial charge is 0.335 e. The van der Waals surface area contributed by atoms with Crippen LogP contribution in [0.1, 0.15) is 83.9 Å². The third-order valence-electron chi connectivity index (χ3n) is 19.9. The van der Waals surface area contributed by atoms with E-state index in [1.54, 1.807) is 79.8 Å². The number of nitrogens with zero attached hydrogens (tertiary/aromatic N) is 14. The second kappa shape index (κ2) is 41.3. The van der Waals surface area contributed by atoms with Crippen LogP contribution in [0.2, 0.25) is 0 Å². The Morgan fingerprint density at radius 1 is 0.290 bits per heavy atom.